The number of pyridine rings is 1. The van der Waals surface area contributed by atoms with Gasteiger partial charge in [0.15, 0.2) is 0 Å². The van der Waals surface area contributed by atoms with E-state index in [9.17, 15) is 10.0 Å². The molecule has 0 aliphatic carbocycles. The summed E-state index contributed by atoms with van der Waals surface area (Å²) in [6, 6.07) is 17.9. The first-order valence-electron chi connectivity index (χ1n) is 7.21. The van der Waals surface area contributed by atoms with Crippen molar-refractivity contribution in [3.05, 3.63) is 67.0 Å². The van der Waals surface area contributed by atoms with Gasteiger partial charge in [0.2, 0.25) is 0 Å². The van der Waals surface area contributed by atoms with E-state index >= 15 is 0 Å². The number of rotatable bonds is 3. The zero-order valence-corrected chi connectivity index (χ0v) is 12.9. The number of nitrogens with zero attached hydrogens (tertiary/aromatic N) is 2. The van der Waals surface area contributed by atoms with Crippen LogP contribution in [0.1, 0.15) is 0 Å². The van der Waals surface area contributed by atoms with E-state index in [0.717, 1.165) is 16.2 Å². The first kappa shape index (κ1) is 14.2. The minimum absolute atomic E-state index is 0.442. The second kappa shape index (κ2) is 5.66. The van der Waals surface area contributed by atoms with Gasteiger partial charge in [0.25, 0.3) is 0 Å². The van der Waals surface area contributed by atoms with Crippen molar-refractivity contribution in [1.82, 2.24) is 9.38 Å². The van der Waals surface area contributed by atoms with E-state index in [0.29, 0.717) is 5.46 Å². The Morgan fingerprint density at radius 1 is 0.870 bits per heavy atom. The third-order valence-corrected chi connectivity index (χ3v) is 4.85. The zero-order chi connectivity index (χ0) is 15.8. The molecule has 0 atom stereocenters. The molecule has 0 aliphatic heterocycles. The largest absolute Gasteiger partial charge is 0.489 e. The highest BCUT2D eigenvalue weighted by Gasteiger charge is 2.13. The molecule has 4 aromatic rings. The van der Waals surface area contributed by atoms with Crippen molar-refractivity contribution in [1.29, 1.82) is 0 Å². The molecule has 0 aliphatic rings. The average molecular weight is 320 g/mol. The van der Waals surface area contributed by atoms with E-state index in [4.69, 9.17) is 0 Å². The molecule has 0 spiro atoms. The summed E-state index contributed by atoms with van der Waals surface area (Å²) >= 11 is 1.69. The number of benzene rings is 1. The molecular weight excluding hydrogens is 307 g/mol. The molecule has 0 unspecified atom stereocenters. The lowest BCUT2D eigenvalue weighted by molar-refractivity contribution is 0.425. The molecule has 0 fully saturated rings. The summed E-state index contributed by atoms with van der Waals surface area (Å²) < 4.78 is 1.81. The van der Waals surface area contributed by atoms with Crippen LogP contribution in [0.3, 0.4) is 0 Å². The van der Waals surface area contributed by atoms with E-state index in [1.165, 1.54) is 10.4 Å². The fourth-order valence-corrected chi connectivity index (χ4v) is 3.48. The van der Waals surface area contributed by atoms with Crippen LogP contribution in [0.15, 0.2) is 67.0 Å². The number of hydrogen-bond acceptors (Lipinski definition) is 4. The molecular formula is C17H13BN2O2S. The molecule has 23 heavy (non-hydrogen) atoms. The Labute approximate surface area is 137 Å². The van der Waals surface area contributed by atoms with E-state index in [-0.39, 0.29) is 0 Å². The topological polar surface area (TPSA) is 57.8 Å². The molecule has 1 aromatic carbocycles. The minimum atomic E-state index is -1.48. The Balaban J connectivity index is 1.73. The summed E-state index contributed by atoms with van der Waals surface area (Å²) in [5.74, 6) is 0. The maximum absolute atomic E-state index is 9.26. The lowest BCUT2D eigenvalue weighted by Crippen LogP contribution is -2.30. The predicted molar refractivity (Wildman–Crippen MR) is 93.8 cm³/mol. The van der Waals surface area contributed by atoms with E-state index < -0.39 is 7.12 Å². The third kappa shape index (κ3) is 2.68. The summed E-state index contributed by atoms with van der Waals surface area (Å²) in [6.45, 7) is 0. The number of imidazole rings is 1. The second-order valence-corrected chi connectivity index (χ2v) is 6.34. The van der Waals surface area contributed by atoms with Crippen molar-refractivity contribution in [3.63, 3.8) is 0 Å². The molecule has 0 bridgehead atoms. The van der Waals surface area contributed by atoms with Gasteiger partial charge in [0.1, 0.15) is 5.65 Å². The van der Waals surface area contributed by atoms with Crippen molar-refractivity contribution >= 4 is 29.6 Å². The molecule has 4 nitrogen and oxygen atoms in total. The van der Waals surface area contributed by atoms with Gasteiger partial charge in [0.05, 0.1) is 10.6 Å². The van der Waals surface area contributed by atoms with Gasteiger partial charge in [-0.25, -0.2) is 4.98 Å². The van der Waals surface area contributed by atoms with Gasteiger partial charge in [-0.05, 0) is 29.2 Å². The van der Waals surface area contributed by atoms with Gasteiger partial charge in [0, 0.05) is 17.3 Å². The lowest BCUT2D eigenvalue weighted by atomic mass is 9.82. The maximum atomic E-state index is 9.26. The Bertz CT molecular complexity index is 963. The smallest absolute Gasteiger partial charge is 0.423 e. The molecule has 0 amide bonds. The first-order valence-corrected chi connectivity index (χ1v) is 8.03. The van der Waals surface area contributed by atoms with Crippen LogP contribution in [0.5, 0.6) is 0 Å². The SMILES string of the molecule is OB(O)c1ccc2nc(-c3ccc(-c4ccccc4)s3)cn2c1. The van der Waals surface area contributed by atoms with Crippen molar-refractivity contribution < 1.29 is 10.0 Å². The van der Waals surface area contributed by atoms with E-state index in [1.54, 1.807) is 29.7 Å². The fourth-order valence-electron chi connectivity index (χ4n) is 2.51. The molecule has 2 N–H and O–H groups in total. The quantitative estimate of drug-likeness (QED) is 0.570. The summed E-state index contributed by atoms with van der Waals surface area (Å²) in [4.78, 5) is 6.88. The van der Waals surface area contributed by atoms with Crippen molar-refractivity contribution in [2.75, 3.05) is 0 Å². The molecule has 0 radical (unpaired) electrons. The summed E-state index contributed by atoms with van der Waals surface area (Å²) in [5.41, 5.74) is 3.29. The highest BCUT2D eigenvalue weighted by Crippen LogP contribution is 2.33. The van der Waals surface area contributed by atoms with Gasteiger partial charge in [-0.1, -0.05) is 36.4 Å². The van der Waals surface area contributed by atoms with Crippen LogP contribution in [0.25, 0.3) is 26.7 Å². The first-order chi connectivity index (χ1) is 11.2. The normalized spacial score (nSPS) is 11.0. The third-order valence-electron chi connectivity index (χ3n) is 3.69. The van der Waals surface area contributed by atoms with Crippen LogP contribution in [0.2, 0.25) is 0 Å². The Hall–Kier alpha value is -2.41. The fraction of sp³-hybridized carbons (Fsp3) is 0. The van der Waals surface area contributed by atoms with Gasteiger partial charge < -0.3 is 14.4 Å². The number of thiophene rings is 1. The van der Waals surface area contributed by atoms with Gasteiger partial charge >= 0.3 is 7.12 Å². The summed E-state index contributed by atoms with van der Waals surface area (Å²) in [5, 5.41) is 18.5. The van der Waals surface area contributed by atoms with Gasteiger partial charge in [-0.15, -0.1) is 11.3 Å². The highest BCUT2D eigenvalue weighted by atomic mass is 32.1. The predicted octanol–water partition coefficient (Wildman–Crippen LogP) is 2.41. The Kier molecular flexibility index (Phi) is 3.50. The number of aromatic nitrogens is 2. The monoisotopic (exact) mass is 320 g/mol. The minimum Gasteiger partial charge on any atom is -0.423 e. The Morgan fingerprint density at radius 2 is 1.65 bits per heavy atom. The standard InChI is InChI=1S/C17H13BN2O2S/c21-18(22)13-6-9-17-19-14(11-20(17)10-13)16-8-7-15(23-16)12-4-2-1-3-5-12/h1-11,21-22H. The second-order valence-electron chi connectivity index (χ2n) is 5.26. The van der Waals surface area contributed by atoms with Gasteiger partial charge in [-0.2, -0.15) is 0 Å². The van der Waals surface area contributed by atoms with Crippen LogP contribution in [0, 0.1) is 0 Å². The van der Waals surface area contributed by atoms with Crippen LogP contribution in [-0.4, -0.2) is 26.6 Å². The van der Waals surface area contributed by atoms with Crippen molar-refractivity contribution in [2.45, 2.75) is 0 Å². The lowest BCUT2D eigenvalue weighted by Gasteiger charge is -1.99. The van der Waals surface area contributed by atoms with E-state index in [1.807, 2.05) is 28.8 Å². The maximum Gasteiger partial charge on any atom is 0.489 e. The van der Waals surface area contributed by atoms with Crippen LogP contribution >= 0.6 is 11.3 Å². The molecule has 3 aromatic heterocycles. The highest BCUT2D eigenvalue weighted by molar-refractivity contribution is 7.18. The summed E-state index contributed by atoms with van der Waals surface area (Å²) in [6.07, 6.45) is 3.59. The van der Waals surface area contributed by atoms with Gasteiger partial charge in [-0.3, -0.25) is 0 Å². The molecule has 0 saturated heterocycles. The molecule has 6 heteroatoms. The summed E-state index contributed by atoms with van der Waals surface area (Å²) in [7, 11) is -1.48. The molecule has 0 saturated carbocycles. The number of hydrogen-bond donors (Lipinski definition) is 2. The Morgan fingerprint density at radius 3 is 2.43 bits per heavy atom. The molecule has 112 valence electrons. The average Bonchev–Trinajstić information content (AvgIpc) is 3.21. The van der Waals surface area contributed by atoms with Crippen LogP contribution in [0.4, 0.5) is 0 Å². The zero-order valence-electron chi connectivity index (χ0n) is 12.1. The van der Waals surface area contributed by atoms with Crippen molar-refractivity contribution in [2.24, 2.45) is 0 Å². The van der Waals surface area contributed by atoms with Crippen LogP contribution in [-0.2, 0) is 0 Å². The molecule has 4 rings (SSSR count). The van der Waals surface area contributed by atoms with E-state index in [2.05, 4.69) is 29.2 Å². The molecule has 3 heterocycles. The van der Waals surface area contributed by atoms with Crippen LogP contribution < -0.4 is 5.46 Å². The number of fused-ring (bicyclic) bond motifs is 1. The van der Waals surface area contributed by atoms with Crippen molar-refractivity contribution in [3.8, 4) is 21.0 Å².